The number of alkyl halides is 3. The lowest BCUT2D eigenvalue weighted by Crippen LogP contribution is -2.05. The van der Waals surface area contributed by atoms with Crippen LogP contribution < -0.4 is 0 Å². The predicted molar refractivity (Wildman–Crippen MR) is 64.8 cm³/mol. The quantitative estimate of drug-likeness (QED) is 0.771. The number of nitrogens with zero attached hydrogens (tertiary/aromatic N) is 1. The lowest BCUT2D eigenvalue weighted by molar-refractivity contribution is -0.137. The van der Waals surface area contributed by atoms with Crippen molar-refractivity contribution < 1.29 is 18.0 Å². The minimum atomic E-state index is -4.44. The van der Waals surface area contributed by atoms with Gasteiger partial charge in [0.05, 0.1) is 5.56 Å². The number of aromatic nitrogens is 1. The van der Waals surface area contributed by atoms with Gasteiger partial charge in [-0.1, -0.05) is 6.07 Å². The summed E-state index contributed by atoms with van der Waals surface area (Å²) in [5, 5.41) is 0. The second-order valence-electron chi connectivity index (χ2n) is 4.17. The summed E-state index contributed by atoms with van der Waals surface area (Å²) in [4.78, 5) is 14.9. The van der Waals surface area contributed by atoms with Gasteiger partial charge in [0.2, 0.25) is 0 Å². The minimum Gasteiger partial charge on any atom is -0.298 e. The summed E-state index contributed by atoms with van der Waals surface area (Å²) in [7, 11) is 0. The van der Waals surface area contributed by atoms with Crippen LogP contribution in [0.2, 0.25) is 0 Å². The highest BCUT2D eigenvalue weighted by atomic mass is 19.4. The van der Waals surface area contributed by atoms with E-state index in [9.17, 15) is 18.0 Å². The largest absolute Gasteiger partial charge is 0.416 e. The topological polar surface area (TPSA) is 30.0 Å². The Morgan fingerprint density at radius 3 is 2.47 bits per heavy atom. The van der Waals surface area contributed by atoms with Crippen molar-refractivity contribution in [3.63, 3.8) is 0 Å². The first-order valence-corrected chi connectivity index (χ1v) is 5.50. The van der Waals surface area contributed by atoms with Gasteiger partial charge in [0.1, 0.15) is 0 Å². The van der Waals surface area contributed by atoms with Gasteiger partial charge in [-0.05, 0) is 36.2 Å². The lowest BCUT2D eigenvalue weighted by Gasteiger charge is -2.11. The molecular formula is C14H10F3NO. The number of carbonyl (C=O) groups is 1. The Morgan fingerprint density at radius 1 is 1.16 bits per heavy atom. The van der Waals surface area contributed by atoms with Crippen molar-refractivity contribution in [2.45, 2.75) is 13.1 Å². The predicted octanol–water partition coefficient (Wildman–Crippen LogP) is 3.89. The van der Waals surface area contributed by atoms with Crippen molar-refractivity contribution in [3.05, 3.63) is 53.3 Å². The van der Waals surface area contributed by atoms with Crippen molar-refractivity contribution in [1.82, 2.24) is 4.98 Å². The van der Waals surface area contributed by atoms with E-state index >= 15 is 0 Å². The summed E-state index contributed by atoms with van der Waals surface area (Å²) in [6, 6.07) is 4.74. The number of halogens is 3. The van der Waals surface area contributed by atoms with E-state index in [1.165, 1.54) is 12.3 Å². The molecule has 0 aliphatic carbocycles. The van der Waals surface area contributed by atoms with Crippen LogP contribution in [0.15, 0.2) is 36.7 Å². The summed E-state index contributed by atoms with van der Waals surface area (Å²) < 4.78 is 38.1. The third-order valence-corrected chi connectivity index (χ3v) is 2.69. The molecule has 0 saturated heterocycles. The number of pyridine rings is 1. The molecule has 5 heteroatoms. The highest BCUT2D eigenvalue weighted by Gasteiger charge is 2.31. The summed E-state index contributed by atoms with van der Waals surface area (Å²) in [6.07, 6.45) is -0.863. The molecular weight excluding hydrogens is 255 g/mol. The number of rotatable bonds is 2. The fraction of sp³-hybridized carbons (Fsp3) is 0.143. The molecule has 0 N–H and O–H groups in total. The molecule has 0 atom stereocenters. The minimum absolute atomic E-state index is 0.209. The van der Waals surface area contributed by atoms with Gasteiger partial charge in [0, 0.05) is 23.5 Å². The van der Waals surface area contributed by atoms with E-state index in [0.29, 0.717) is 11.8 Å². The first-order valence-electron chi connectivity index (χ1n) is 5.50. The van der Waals surface area contributed by atoms with Crippen LogP contribution in [0.3, 0.4) is 0 Å². The zero-order valence-electron chi connectivity index (χ0n) is 10.0. The van der Waals surface area contributed by atoms with E-state index in [0.717, 1.165) is 17.7 Å². The maximum absolute atomic E-state index is 12.7. The van der Waals surface area contributed by atoms with Crippen LogP contribution in [-0.4, -0.2) is 11.3 Å². The normalized spacial score (nSPS) is 11.4. The molecule has 0 spiro atoms. The number of carbonyl (C=O) groups excluding carboxylic acids is 1. The lowest BCUT2D eigenvalue weighted by atomic mass is 9.98. The first kappa shape index (κ1) is 13.3. The molecule has 0 radical (unpaired) electrons. The van der Waals surface area contributed by atoms with Gasteiger partial charge >= 0.3 is 6.18 Å². The van der Waals surface area contributed by atoms with Gasteiger partial charge in [0.25, 0.3) is 0 Å². The molecule has 0 fully saturated rings. The van der Waals surface area contributed by atoms with Crippen molar-refractivity contribution >= 4 is 6.29 Å². The number of aldehydes is 1. The number of hydrogen-bond acceptors (Lipinski definition) is 2. The fourth-order valence-electron chi connectivity index (χ4n) is 1.79. The third-order valence-electron chi connectivity index (χ3n) is 2.69. The average molecular weight is 265 g/mol. The monoisotopic (exact) mass is 265 g/mol. The average Bonchev–Trinajstić information content (AvgIpc) is 2.37. The van der Waals surface area contributed by atoms with Crippen LogP contribution in [0.4, 0.5) is 13.2 Å². The third kappa shape index (κ3) is 2.81. The van der Waals surface area contributed by atoms with Gasteiger partial charge in [-0.15, -0.1) is 0 Å². The number of hydrogen-bond donors (Lipinski definition) is 0. The van der Waals surface area contributed by atoms with Crippen LogP contribution in [-0.2, 0) is 6.18 Å². The van der Waals surface area contributed by atoms with Crippen LogP contribution in [0, 0.1) is 6.92 Å². The molecule has 1 aromatic carbocycles. The van der Waals surface area contributed by atoms with Gasteiger partial charge < -0.3 is 0 Å². The van der Waals surface area contributed by atoms with Crippen molar-refractivity contribution in [2.75, 3.05) is 0 Å². The molecule has 19 heavy (non-hydrogen) atoms. The molecule has 2 rings (SSSR count). The maximum Gasteiger partial charge on any atom is 0.416 e. The second kappa shape index (κ2) is 4.84. The van der Waals surface area contributed by atoms with Crippen molar-refractivity contribution in [1.29, 1.82) is 0 Å². The van der Waals surface area contributed by atoms with Gasteiger partial charge in [-0.25, -0.2) is 0 Å². The zero-order valence-corrected chi connectivity index (χ0v) is 10.0. The van der Waals surface area contributed by atoms with E-state index in [4.69, 9.17) is 0 Å². The van der Waals surface area contributed by atoms with E-state index in [2.05, 4.69) is 4.98 Å². The molecule has 0 aliphatic rings. The van der Waals surface area contributed by atoms with Crippen molar-refractivity contribution in [2.24, 2.45) is 0 Å². The van der Waals surface area contributed by atoms with E-state index < -0.39 is 11.7 Å². The molecule has 2 nitrogen and oxygen atoms in total. The Labute approximate surface area is 107 Å². The Morgan fingerprint density at radius 2 is 1.89 bits per heavy atom. The van der Waals surface area contributed by atoms with E-state index in [1.54, 1.807) is 19.2 Å². The molecule has 0 aliphatic heterocycles. The summed E-state index contributed by atoms with van der Waals surface area (Å²) in [6.45, 7) is 1.78. The zero-order chi connectivity index (χ0) is 14.0. The molecule has 0 bridgehead atoms. The highest BCUT2D eigenvalue weighted by Crippen LogP contribution is 2.33. The Balaban J connectivity index is 2.63. The first-order chi connectivity index (χ1) is 8.91. The second-order valence-corrected chi connectivity index (χ2v) is 4.17. The molecule has 2 aromatic rings. The van der Waals surface area contributed by atoms with Crippen LogP contribution in [0.1, 0.15) is 21.5 Å². The fourth-order valence-corrected chi connectivity index (χ4v) is 1.79. The highest BCUT2D eigenvalue weighted by molar-refractivity contribution is 5.87. The Bertz CT molecular complexity index is 620. The smallest absolute Gasteiger partial charge is 0.298 e. The molecule has 0 saturated carbocycles. The van der Waals surface area contributed by atoms with Gasteiger partial charge in [-0.2, -0.15) is 13.2 Å². The number of benzene rings is 1. The molecule has 98 valence electrons. The summed E-state index contributed by atoms with van der Waals surface area (Å²) in [5.74, 6) is 0. The molecule has 0 unspecified atom stereocenters. The SMILES string of the molecule is Cc1cncc(-c2cc(C(F)(F)F)ccc2C=O)c1. The van der Waals surface area contributed by atoms with Crippen LogP contribution >= 0.6 is 0 Å². The van der Waals surface area contributed by atoms with Crippen LogP contribution in [0.5, 0.6) is 0 Å². The maximum atomic E-state index is 12.7. The number of aryl methyl sites for hydroxylation is 1. The van der Waals surface area contributed by atoms with Crippen molar-refractivity contribution in [3.8, 4) is 11.1 Å². The van der Waals surface area contributed by atoms with E-state index in [1.807, 2.05) is 0 Å². The standard InChI is InChI=1S/C14H10F3NO/c1-9-4-11(7-18-6-9)13-5-12(14(15,16)17)3-2-10(13)8-19/h2-8H,1H3. The Kier molecular flexibility index (Phi) is 3.38. The van der Waals surface area contributed by atoms with Gasteiger partial charge in [0.15, 0.2) is 6.29 Å². The van der Waals surface area contributed by atoms with E-state index in [-0.39, 0.29) is 11.1 Å². The molecule has 1 aromatic heterocycles. The summed E-state index contributed by atoms with van der Waals surface area (Å²) >= 11 is 0. The van der Waals surface area contributed by atoms with Gasteiger partial charge in [-0.3, -0.25) is 9.78 Å². The Hall–Kier alpha value is -2.17. The molecule has 0 amide bonds. The molecule has 1 heterocycles. The summed E-state index contributed by atoms with van der Waals surface area (Å²) in [5.41, 5.74) is 0.969. The van der Waals surface area contributed by atoms with Crippen LogP contribution in [0.25, 0.3) is 11.1 Å².